The van der Waals surface area contributed by atoms with Crippen LogP contribution >= 0.6 is 11.8 Å². The topological polar surface area (TPSA) is 26.8 Å². The van der Waals surface area contributed by atoms with Gasteiger partial charge in [-0.3, -0.25) is 4.90 Å². The molecule has 0 aromatic heterocycles. The van der Waals surface area contributed by atoms with Gasteiger partial charge in [-0.2, -0.15) is 5.26 Å². The molecule has 3 heteroatoms. The van der Waals surface area contributed by atoms with Gasteiger partial charge in [-0.15, -0.1) is 0 Å². The average molecular weight is 204 g/mol. The number of thiocyanates is 1. The molecule has 1 aliphatic rings. The molecular formula is C11H12N2S. The molecule has 1 aromatic carbocycles. The van der Waals surface area contributed by atoms with E-state index >= 15 is 0 Å². The molecule has 2 nitrogen and oxygen atoms in total. The highest BCUT2D eigenvalue weighted by atomic mass is 32.2. The van der Waals surface area contributed by atoms with Crippen LogP contribution in [0.4, 0.5) is 0 Å². The highest BCUT2D eigenvalue weighted by Crippen LogP contribution is 2.23. The number of nitrogens with zero attached hydrogens (tertiary/aromatic N) is 2. The molecule has 0 aliphatic carbocycles. The minimum absolute atomic E-state index is 0.625. The summed E-state index contributed by atoms with van der Waals surface area (Å²) >= 11 is 1.36. The second-order valence-corrected chi connectivity index (χ2v) is 4.28. The van der Waals surface area contributed by atoms with Crippen molar-refractivity contribution in [3.8, 4) is 5.40 Å². The van der Waals surface area contributed by atoms with Gasteiger partial charge in [-0.25, -0.2) is 0 Å². The number of thioether (sulfide) groups is 1. The first-order chi connectivity index (χ1) is 6.90. The maximum atomic E-state index is 8.41. The smallest absolute Gasteiger partial charge is 0.133 e. The predicted molar refractivity (Wildman–Crippen MR) is 58.7 cm³/mol. The van der Waals surface area contributed by atoms with E-state index in [2.05, 4.69) is 34.6 Å². The molecule has 2 atom stereocenters. The lowest BCUT2D eigenvalue weighted by molar-refractivity contribution is 0.517. The largest absolute Gasteiger partial charge is 0.292 e. The number of hydrogen-bond acceptors (Lipinski definition) is 3. The minimum atomic E-state index is 0.625. The summed E-state index contributed by atoms with van der Waals surface area (Å²) in [6.45, 7) is 2.17. The Bertz CT molecular complexity index is 331. The first-order valence-corrected chi connectivity index (χ1v) is 5.67. The van der Waals surface area contributed by atoms with Gasteiger partial charge in [-0.05, 0) is 17.3 Å². The summed E-state index contributed by atoms with van der Waals surface area (Å²) in [5.41, 5.74) is 1.36. The zero-order chi connectivity index (χ0) is 9.80. The van der Waals surface area contributed by atoms with Crippen LogP contribution in [0.1, 0.15) is 5.56 Å². The van der Waals surface area contributed by atoms with Crippen molar-refractivity contribution in [2.75, 3.05) is 12.3 Å². The third kappa shape index (κ3) is 2.50. The van der Waals surface area contributed by atoms with Crippen LogP contribution in [0.15, 0.2) is 30.3 Å². The van der Waals surface area contributed by atoms with Crippen LogP contribution < -0.4 is 0 Å². The molecule has 0 N–H and O–H groups in total. The van der Waals surface area contributed by atoms with E-state index in [0.717, 1.165) is 18.8 Å². The van der Waals surface area contributed by atoms with Crippen molar-refractivity contribution in [3.63, 3.8) is 0 Å². The van der Waals surface area contributed by atoms with Crippen LogP contribution in [-0.2, 0) is 6.54 Å². The van der Waals surface area contributed by atoms with Gasteiger partial charge in [0, 0.05) is 24.9 Å². The van der Waals surface area contributed by atoms with Gasteiger partial charge in [0.2, 0.25) is 0 Å². The SMILES string of the molecule is N#CSCC1CN1Cc1ccccc1. The number of hydrogen-bond donors (Lipinski definition) is 0. The molecule has 1 aromatic rings. The Kier molecular flexibility index (Phi) is 3.07. The van der Waals surface area contributed by atoms with Crippen molar-refractivity contribution < 1.29 is 0 Å². The van der Waals surface area contributed by atoms with Gasteiger partial charge in [0.05, 0.1) is 0 Å². The first kappa shape index (κ1) is 9.57. The summed E-state index contributed by atoms with van der Waals surface area (Å²) < 4.78 is 0. The Morgan fingerprint density at radius 1 is 1.43 bits per heavy atom. The first-order valence-electron chi connectivity index (χ1n) is 4.69. The third-order valence-corrected chi connectivity index (χ3v) is 3.08. The van der Waals surface area contributed by atoms with E-state index in [1.165, 1.54) is 17.3 Å². The molecule has 2 rings (SSSR count). The third-order valence-electron chi connectivity index (χ3n) is 2.40. The summed E-state index contributed by atoms with van der Waals surface area (Å²) in [4.78, 5) is 2.39. The van der Waals surface area contributed by atoms with Crippen molar-refractivity contribution in [2.45, 2.75) is 12.6 Å². The lowest BCUT2D eigenvalue weighted by atomic mass is 10.2. The van der Waals surface area contributed by atoms with E-state index < -0.39 is 0 Å². The highest BCUT2D eigenvalue weighted by Gasteiger charge is 2.33. The van der Waals surface area contributed by atoms with Gasteiger partial charge in [-0.1, -0.05) is 30.3 Å². The van der Waals surface area contributed by atoms with Crippen LogP contribution in [-0.4, -0.2) is 23.2 Å². The molecule has 1 saturated heterocycles. The maximum absolute atomic E-state index is 8.41. The van der Waals surface area contributed by atoms with Crippen LogP contribution in [0.2, 0.25) is 0 Å². The number of rotatable bonds is 4. The predicted octanol–water partition coefficient (Wildman–Crippen LogP) is 2.09. The van der Waals surface area contributed by atoms with Crippen LogP contribution in [0, 0.1) is 10.7 Å². The highest BCUT2D eigenvalue weighted by molar-refractivity contribution is 8.03. The zero-order valence-electron chi connectivity index (χ0n) is 7.89. The standard InChI is InChI=1S/C11H12N2S/c12-9-14-8-11-7-13(11)6-10-4-2-1-3-5-10/h1-5,11H,6-8H2. The molecule has 0 spiro atoms. The molecule has 72 valence electrons. The molecule has 1 fully saturated rings. The van der Waals surface area contributed by atoms with Crippen LogP contribution in [0.25, 0.3) is 0 Å². The van der Waals surface area contributed by atoms with E-state index in [0.29, 0.717) is 6.04 Å². The fourth-order valence-electron chi connectivity index (χ4n) is 1.53. The van der Waals surface area contributed by atoms with Crippen molar-refractivity contribution in [1.29, 1.82) is 5.26 Å². The second-order valence-electron chi connectivity index (χ2n) is 3.47. The second kappa shape index (κ2) is 4.50. The molecule has 2 unspecified atom stereocenters. The van der Waals surface area contributed by atoms with Gasteiger partial charge in [0.25, 0.3) is 0 Å². The summed E-state index contributed by atoms with van der Waals surface area (Å²) in [7, 11) is 0. The zero-order valence-corrected chi connectivity index (χ0v) is 8.70. The van der Waals surface area contributed by atoms with E-state index in [1.807, 2.05) is 6.07 Å². The molecule has 1 heterocycles. The molecule has 0 radical (unpaired) electrons. The van der Waals surface area contributed by atoms with Gasteiger partial charge in [0.1, 0.15) is 5.40 Å². The van der Waals surface area contributed by atoms with E-state index in [-0.39, 0.29) is 0 Å². The van der Waals surface area contributed by atoms with E-state index in [4.69, 9.17) is 5.26 Å². The molecule has 0 bridgehead atoms. The maximum Gasteiger partial charge on any atom is 0.133 e. The number of nitriles is 1. The van der Waals surface area contributed by atoms with Crippen LogP contribution in [0.3, 0.4) is 0 Å². The van der Waals surface area contributed by atoms with Gasteiger partial charge >= 0.3 is 0 Å². The van der Waals surface area contributed by atoms with Crippen molar-refractivity contribution in [2.24, 2.45) is 0 Å². The lowest BCUT2D eigenvalue weighted by Gasteiger charge is -2.02. The molecular weight excluding hydrogens is 192 g/mol. The monoisotopic (exact) mass is 204 g/mol. The summed E-state index contributed by atoms with van der Waals surface area (Å²) in [6, 6.07) is 11.1. The average Bonchev–Trinajstić information content (AvgIpc) is 2.95. The summed E-state index contributed by atoms with van der Waals surface area (Å²) in [5.74, 6) is 0.948. The molecule has 14 heavy (non-hydrogen) atoms. The Morgan fingerprint density at radius 3 is 2.93 bits per heavy atom. The molecule has 0 saturated carbocycles. The normalized spacial score (nSPS) is 24.2. The molecule has 1 aliphatic heterocycles. The fourth-order valence-corrected chi connectivity index (χ4v) is 2.11. The van der Waals surface area contributed by atoms with Gasteiger partial charge in [0.15, 0.2) is 0 Å². The van der Waals surface area contributed by atoms with Crippen molar-refractivity contribution >= 4 is 11.8 Å². The van der Waals surface area contributed by atoms with E-state index in [9.17, 15) is 0 Å². The Hall–Kier alpha value is -0.980. The van der Waals surface area contributed by atoms with Crippen molar-refractivity contribution in [1.82, 2.24) is 4.90 Å². The van der Waals surface area contributed by atoms with E-state index in [1.54, 1.807) is 0 Å². The van der Waals surface area contributed by atoms with Gasteiger partial charge < -0.3 is 0 Å². The fraction of sp³-hybridized carbons (Fsp3) is 0.364. The number of benzene rings is 1. The summed E-state index contributed by atoms with van der Waals surface area (Å²) in [5, 5.41) is 10.5. The van der Waals surface area contributed by atoms with Crippen LogP contribution in [0.5, 0.6) is 0 Å². The Morgan fingerprint density at radius 2 is 2.21 bits per heavy atom. The lowest BCUT2D eigenvalue weighted by Crippen LogP contribution is -2.03. The summed E-state index contributed by atoms with van der Waals surface area (Å²) in [6.07, 6.45) is 0. The molecule has 0 amide bonds. The Labute approximate surface area is 88.5 Å². The quantitative estimate of drug-likeness (QED) is 0.555. The Balaban J connectivity index is 1.77. The minimum Gasteiger partial charge on any atom is -0.292 e. The van der Waals surface area contributed by atoms with Crippen molar-refractivity contribution in [3.05, 3.63) is 35.9 Å².